The van der Waals surface area contributed by atoms with Crippen LogP contribution in [-0.2, 0) is 4.74 Å². The van der Waals surface area contributed by atoms with Crippen LogP contribution >= 0.6 is 0 Å². The summed E-state index contributed by atoms with van der Waals surface area (Å²) in [7, 11) is 0. The van der Waals surface area contributed by atoms with Crippen LogP contribution in [-0.4, -0.2) is 53.2 Å². The van der Waals surface area contributed by atoms with Crippen LogP contribution in [0.1, 0.15) is 52.9 Å². The Bertz CT molecular complexity index is 382. The van der Waals surface area contributed by atoms with E-state index in [2.05, 4.69) is 10.6 Å². The number of amides is 1. The van der Waals surface area contributed by atoms with Gasteiger partial charge in [-0.05, 0) is 58.3 Å². The molecule has 1 atom stereocenters. The first-order valence-electron chi connectivity index (χ1n) is 8.25. The Hall–Kier alpha value is -0.850. The Balaban J connectivity index is 1.73. The summed E-state index contributed by atoms with van der Waals surface area (Å²) >= 11 is 0. The van der Waals surface area contributed by atoms with Crippen molar-refractivity contribution in [1.82, 2.24) is 10.6 Å². The van der Waals surface area contributed by atoms with Gasteiger partial charge < -0.3 is 25.6 Å². The van der Waals surface area contributed by atoms with E-state index in [0.717, 1.165) is 32.1 Å². The zero-order valence-corrected chi connectivity index (χ0v) is 13.9. The van der Waals surface area contributed by atoms with Crippen molar-refractivity contribution in [3.63, 3.8) is 0 Å². The molecule has 0 aromatic carbocycles. The van der Waals surface area contributed by atoms with Crippen molar-refractivity contribution in [2.75, 3.05) is 13.2 Å². The summed E-state index contributed by atoms with van der Waals surface area (Å²) in [5.74, 6) is 0. The van der Waals surface area contributed by atoms with Gasteiger partial charge in [0.25, 0.3) is 0 Å². The van der Waals surface area contributed by atoms with Gasteiger partial charge in [-0.3, -0.25) is 0 Å². The second kappa shape index (κ2) is 6.72. The van der Waals surface area contributed by atoms with Crippen LogP contribution in [0.25, 0.3) is 0 Å². The highest BCUT2D eigenvalue weighted by atomic mass is 16.6. The van der Waals surface area contributed by atoms with Gasteiger partial charge in [0.15, 0.2) is 0 Å². The number of carbonyl (C=O) groups excluding carboxylic acids is 1. The molecule has 0 aromatic rings. The summed E-state index contributed by atoms with van der Waals surface area (Å²) in [5, 5.41) is 24.5. The maximum absolute atomic E-state index is 11.8. The first kappa shape index (κ1) is 17.5. The third-order valence-corrected chi connectivity index (χ3v) is 4.77. The zero-order valence-electron chi connectivity index (χ0n) is 13.9. The quantitative estimate of drug-likeness (QED) is 0.611. The number of ether oxygens (including phenoxy) is 1. The summed E-state index contributed by atoms with van der Waals surface area (Å²) in [4.78, 5) is 11.8. The molecule has 0 radical (unpaired) electrons. The Morgan fingerprint density at radius 1 is 1.27 bits per heavy atom. The van der Waals surface area contributed by atoms with E-state index in [1.165, 1.54) is 0 Å². The van der Waals surface area contributed by atoms with Gasteiger partial charge >= 0.3 is 6.09 Å². The van der Waals surface area contributed by atoms with E-state index in [0.29, 0.717) is 6.04 Å². The van der Waals surface area contributed by atoms with Crippen molar-refractivity contribution in [2.45, 2.75) is 76.6 Å². The highest BCUT2D eigenvalue weighted by Crippen LogP contribution is 2.56. The van der Waals surface area contributed by atoms with Crippen molar-refractivity contribution < 1.29 is 19.7 Å². The van der Waals surface area contributed by atoms with Crippen LogP contribution < -0.4 is 10.6 Å². The van der Waals surface area contributed by atoms with Gasteiger partial charge in [-0.15, -0.1) is 0 Å². The topological polar surface area (TPSA) is 90.8 Å². The van der Waals surface area contributed by atoms with Gasteiger partial charge in [-0.1, -0.05) is 0 Å². The Kier molecular flexibility index (Phi) is 5.35. The first-order valence-corrected chi connectivity index (χ1v) is 8.25. The molecule has 128 valence electrons. The summed E-state index contributed by atoms with van der Waals surface area (Å²) < 4.78 is 5.31. The summed E-state index contributed by atoms with van der Waals surface area (Å²) in [6, 6.07) is 0.349. The zero-order chi connectivity index (χ0) is 16.4. The van der Waals surface area contributed by atoms with E-state index < -0.39 is 5.60 Å². The minimum Gasteiger partial charge on any atom is -0.444 e. The van der Waals surface area contributed by atoms with Gasteiger partial charge in [-0.25, -0.2) is 4.79 Å². The summed E-state index contributed by atoms with van der Waals surface area (Å²) in [6.07, 6.45) is 4.87. The lowest BCUT2D eigenvalue weighted by atomic mass is 9.82. The largest absolute Gasteiger partial charge is 0.444 e. The molecular weight excluding hydrogens is 284 g/mol. The van der Waals surface area contributed by atoms with E-state index >= 15 is 0 Å². The fourth-order valence-corrected chi connectivity index (χ4v) is 3.41. The van der Waals surface area contributed by atoms with Crippen molar-refractivity contribution >= 4 is 6.09 Å². The molecule has 6 heteroatoms. The van der Waals surface area contributed by atoms with Crippen LogP contribution in [0.5, 0.6) is 0 Å². The molecule has 4 N–H and O–H groups in total. The molecule has 2 aliphatic carbocycles. The van der Waals surface area contributed by atoms with E-state index in [-0.39, 0.29) is 36.8 Å². The maximum Gasteiger partial charge on any atom is 0.407 e. The Morgan fingerprint density at radius 3 is 2.36 bits per heavy atom. The van der Waals surface area contributed by atoms with Gasteiger partial charge in [0.1, 0.15) is 5.60 Å². The minimum absolute atomic E-state index is 0.0407. The molecule has 0 saturated heterocycles. The van der Waals surface area contributed by atoms with E-state index in [4.69, 9.17) is 14.9 Å². The number of hydrogen-bond donors (Lipinski definition) is 4. The molecule has 0 bridgehead atoms. The molecule has 1 amide bonds. The van der Waals surface area contributed by atoms with Gasteiger partial charge in [0.2, 0.25) is 0 Å². The van der Waals surface area contributed by atoms with Gasteiger partial charge in [0, 0.05) is 12.1 Å². The van der Waals surface area contributed by atoms with Crippen molar-refractivity contribution in [1.29, 1.82) is 0 Å². The van der Waals surface area contributed by atoms with E-state index in [1.54, 1.807) is 0 Å². The maximum atomic E-state index is 11.8. The van der Waals surface area contributed by atoms with Gasteiger partial charge in [0.05, 0.1) is 19.3 Å². The lowest BCUT2D eigenvalue weighted by Crippen LogP contribution is -2.45. The van der Waals surface area contributed by atoms with Crippen LogP contribution in [0.2, 0.25) is 0 Å². The number of alkyl carbamates (subject to hydrolysis) is 1. The van der Waals surface area contributed by atoms with Crippen molar-refractivity contribution in [3.8, 4) is 0 Å². The molecule has 2 fully saturated rings. The number of rotatable bonds is 5. The minimum atomic E-state index is -0.461. The average molecular weight is 314 g/mol. The number of carbonyl (C=O) groups is 1. The predicted octanol–water partition coefficient (Wildman–Crippen LogP) is 1.16. The number of nitrogens with one attached hydrogen (secondary N) is 2. The fourth-order valence-electron chi connectivity index (χ4n) is 3.41. The molecule has 22 heavy (non-hydrogen) atoms. The molecule has 2 rings (SSSR count). The van der Waals surface area contributed by atoms with Crippen molar-refractivity contribution in [2.24, 2.45) is 5.41 Å². The van der Waals surface area contributed by atoms with Gasteiger partial charge in [-0.2, -0.15) is 0 Å². The van der Waals surface area contributed by atoms with Crippen molar-refractivity contribution in [3.05, 3.63) is 0 Å². The van der Waals surface area contributed by atoms with E-state index in [9.17, 15) is 4.79 Å². The Morgan fingerprint density at radius 2 is 1.86 bits per heavy atom. The molecule has 2 aliphatic rings. The van der Waals surface area contributed by atoms with Crippen LogP contribution in [0, 0.1) is 5.41 Å². The summed E-state index contributed by atoms with van der Waals surface area (Å²) in [6.45, 7) is 5.52. The molecular formula is C16H30N2O4. The van der Waals surface area contributed by atoms with Crippen LogP contribution in [0.3, 0.4) is 0 Å². The molecule has 0 aliphatic heterocycles. The highest BCUT2D eigenvalue weighted by Gasteiger charge is 2.56. The van der Waals surface area contributed by atoms with Crippen LogP contribution in [0.4, 0.5) is 4.79 Å². The lowest BCUT2D eigenvalue weighted by molar-refractivity contribution is 0.0511. The second-order valence-electron chi connectivity index (χ2n) is 7.77. The lowest BCUT2D eigenvalue weighted by Gasteiger charge is -2.32. The van der Waals surface area contributed by atoms with Crippen LogP contribution in [0.15, 0.2) is 0 Å². The SMILES string of the molecule is CC(C)(C)OC(=O)NC1CC12CCC(NC(CO)CO)CC2. The van der Waals surface area contributed by atoms with E-state index in [1.807, 2.05) is 20.8 Å². The number of aliphatic hydroxyl groups is 2. The third-order valence-electron chi connectivity index (χ3n) is 4.77. The molecule has 0 heterocycles. The molecule has 1 unspecified atom stereocenters. The predicted molar refractivity (Wildman–Crippen MR) is 83.6 cm³/mol. The number of hydrogen-bond acceptors (Lipinski definition) is 5. The third kappa shape index (κ3) is 4.57. The second-order valence-corrected chi connectivity index (χ2v) is 7.77. The first-order chi connectivity index (χ1) is 10.3. The molecule has 6 nitrogen and oxygen atoms in total. The molecule has 1 spiro atoms. The standard InChI is InChI=1S/C16H30N2O4/c1-15(2,3)22-14(21)18-13-8-16(13)6-4-11(5-7-16)17-12(9-19)10-20/h11-13,17,19-20H,4-10H2,1-3H3,(H,18,21). The average Bonchev–Trinajstić information content (AvgIpc) is 3.08. The fraction of sp³-hybridized carbons (Fsp3) is 0.938. The number of aliphatic hydroxyl groups excluding tert-OH is 2. The monoisotopic (exact) mass is 314 g/mol. The smallest absolute Gasteiger partial charge is 0.407 e. The Labute approximate surface area is 132 Å². The highest BCUT2D eigenvalue weighted by molar-refractivity contribution is 5.68. The molecule has 0 aromatic heterocycles. The summed E-state index contributed by atoms with van der Waals surface area (Å²) in [5.41, 5.74) is -0.222. The molecule has 2 saturated carbocycles. The normalized spacial score (nSPS) is 31.4.